The number of hydrogen-bond donors (Lipinski definition) is 0. The molecule has 0 spiro atoms. The molecule has 156 valence electrons. The lowest BCUT2D eigenvalue weighted by molar-refractivity contribution is 0.0314. The van der Waals surface area contributed by atoms with Crippen LogP contribution in [0.2, 0.25) is 5.02 Å². The second-order valence-corrected chi connectivity index (χ2v) is 8.52. The van der Waals surface area contributed by atoms with Gasteiger partial charge in [-0.15, -0.1) is 0 Å². The summed E-state index contributed by atoms with van der Waals surface area (Å²) in [6, 6.07) is 8.89. The number of halogens is 2. The zero-order valence-corrected chi connectivity index (χ0v) is 17.8. The number of rotatable bonds is 8. The van der Waals surface area contributed by atoms with Crippen molar-refractivity contribution in [3.8, 4) is 0 Å². The topological polar surface area (TPSA) is 80.8 Å². The van der Waals surface area contributed by atoms with E-state index in [0.29, 0.717) is 5.02 Å². The fourth-order valence-corrected chi connectivity index (χ4v) is 4.27. The zero-order valence-electron chi connectivity index (χ0n) is 16.2. The molecule has 0 radical (unpaired) electrons. The van der Waals surface area contributed by atoms with Gasteiger partial charge in [0, 0.05) is 23.7 Å². The van der Waals surface area contributed by atoms with Crippen LogP contribution in [0, 0.1) is 5.82 Å². The molecule has 0 bridgehead atoms. The molecule has 0 saturated heterocycles. The number of Topliss-reactive ketones (excluding diaryl/α,β-unsaturated/α-hetero) is 1. The molecular formula is C20H21ClFNO5S. The van der Waals surface area contributed by atoms with Crippen LogP contribution >= 0.6 is 11.6 Å². The standard InChI is InChI=1S/C20H21ClFNO5S/c1-4-23(5-2)29(26,27)16-10-11-18(22)17(12-16)20(25)28-13(3)19(24)14-6-8-15(21)9-7-14/h6-13H,4-5H2,1-3H3. The highest BCUT2D eigenvalue weighted by molar-refractivity contribution is 7.89. The maximum absolute atomic E-state index is 14.2. The number of ketones is 1. The van der Waals surface area contributed by atoms with Gasteiger partial charge >= 0.3 is 5.97 Å². The summed E-state index contributed by atoms with van der Waals surface area (Å²) in [5.74, 6) is -2.57. The van der Waals surface area contributed by atoms with Crippen LogP contribution in [0.15, 0.2) is 47.4 Å². The van der Waals surface area contributed by atoms with E-state index in [-0.39, 0.29) is 23.5 Å². The summed E-state index contributed by atoms with van der Waals surface area (Å²) < 4.78 is 45.7. The van der Waals surface area contributed by atoms with Gasteiger partial charge in [-0.25, -0.2) is 17.6 Å². The van der Waals surface area contributed by atoms with Crippen LogP contribution in [-0.4, -0.2) is 43.7 Å². The second kappa shape index (κ2) is 9.47. The molecule has 1 atom stereocenters. The van der Waals surface area contributed by atoms with Gasteiger partial charge in [0.1, 0.15) is 5.82 Å². The lowest BCUT2D eigenvalue weighted by Crippen LogP contribution is -2.31. The number of benzene rings is 2. The molecule has 6 nitrogen and oxygen atoms in total. The van der Waals surface area contributed by atoms with Gasteiger partial charge in [-0.2, -0.15) is 4.31 Å². The van der Waals surface area contributed by atoms with E-state index < -0.39 is 39.3 Å². The van der Waals surface area contributed by atoms with Gasteiger partial charge in [-0.05, 0) is 49.4 Å². The average Bonchev–Trinajstić information content (AvgIpc) is 2.68. The number of sulfonamides is 1. The van der Waals surface area contributed by atoms with Crippen molar-refractivity contribution in [1.82, 2.24) is 4.31 Å². The summed E-state index contributed by atoms with van der Waals surface area (Å²) in [5, 5.41) is 0.444. The Labute approximate surface area is 174 Å². The smallest absolute Gasteiger partial charge is 0.341 e. The highest BCUT2D eigenvalue weighted by atomic mass is 35.5. The summed E-state index contributed by atoms with van der Waals surface area (Å²) in [6.07, 6.45) is -1.20. The highest BCUT2D eigenvalue weighted by Gasteiger charge is 2.26. The fourth-order valence-electron chi connectivity index (χ4n) is 2.66. The van der Waals surface area contributed by atoms with E-state index in [1.165, 1.54) is 35.5 Å². The van der Waals surface area contributed by atoms with E-state index in [2.05, 4.69) is 0 Å². The van der Waals surface area contributed by atoms with Gasteiger partial charge in [0.05, 0.1) is 10.5 Å². The molecule has 2 rings (SSSR count). The Kier molecular flexibility index (Phi) is 7.51. The van der Waals surface area contributed by atoms with E-state index in [1.807, 2.05) is 0 Å². The summed E-state index contributed by atoms with van der Waals surface area (Å²) in [7, 11) is -3.89. The minimum Gasteiger partial charge on any atom is -0.451 e. The SMILES string of the molecule is CCN(CC)S(=O)(=O)c1ccc(F)c(C(=O)OC(C)C(=O)c2ccc(Cl)cc2)c1. The van der Waals surface area contributed by atoms with Crippen LogP contribution in [0.3, 0.4) is 0 Å². The van der Waals surface area contributed by atoms with Gasteiger partial charge in [0.15, 0.2) is 6.10 Å². The number of carbonyl (C=O) groups is 2. The van der Waals surface area contributed by atoms with Crippen molar-refractivity contribution in [2.75, 3.05) is 13.1 Å². The minimum absolute atomic E-state index is 0.225. The first-order valence-corrected chi connectivity index (χ1v) is 10.7. The second-order valence-electron chi connectivity index (χ2n) is 6.15. The number of nitrogens with zero attached hydrogens (tertiary/aromatic N) is 1. The quantitative estimate of drug-likeness (QED) is 0.458. The van der Waals surface area contributed by atoms with Crippen LogP contribution in [0.5, 0.6) is 0 Å². The molecule has 9 heteroatoms. The predicted octanol–water partition coefficient (Wildman–Crippen LogP) is 3.94. The van der Waals surface area contributed by atoms with Crippen molar-refractivity contribution in [2.45, 2.75) is 31.8 Å². The van der Waals surface area contributed by atoms with E-state index in [9.17, 15) is 22.4 Å². The van der Waals surface area contributed by atoms with Crippen LogP contribution in [-0.2, 0) is 14.8 Å². The molecular weight excluding hydrogens is 421 g/mol. The largest absolute Gasteiger partial charge is 0.451 e. The van der Waals surface area contributed by atoms with E-state index >= 15 is 0 Å². The van der Waals surface area contributed by atoms with Crippen LogP contribution in [0.4, 0.5) is 4.39 Å². The van der Waals surface area contributed by atoms with Crippen molar-refractivity contribution in [3.05, 3.63) is 64.4 Å². The van der Waals surface area contributed by atoms with Crippen molar-refractivity contribution >= 4 is 33.4 Å². The number of esters is 1. The van der Waals surface area contributed by atoms with Crippen LogP contribution < -0.4 is 0 Å². The summed E-state index contributed by atoms with van der Waals surface area (Å²) in [5.41, 5.74) is -0.290. The molecule has 0 aliphatic carbocycles. The Balaban J connectivity index is 2.26. The monoisotopic (exact) mass is 441 g/mol. The van der Waals surface area contributed by atoms with E-state index in [4.69, 9.17) is 16.3 Å². The lowest BCUT2D eigenvalue weighted by Gasteiger charge is -2.19. The van der Waals surface area contributed by atoms with Crippen LogP contribution in [0.1, 0.15) is 41.5 Å². The minimum atomic E-state index is -3.89. The Hall–Kier alpha value is -2.29. The Morgan fingerprint density at radius 1 is 1.10 bits per heavy atom. The molecule has 0 aliphatic rings. The van der Waals surface area contributed by atoms with Gasteiger partial charge in [-0.1, -0.05) is 25.4 Å². The van der Waals surface area contributed by atoms with E-state index in [1.54, 1.807) is 13.8 Å². The third-order valence-electron chi connectivity index (χ3n) is 4.28. The molecule has 2 aromatic rings. The van der Waals surface area contributed by atoms with Crippen molar-refractivity contribution in [2.24, 2.45) is 0 Å². The number of hydrogen-bond acceptors (Lipinski definition) is 5. The van der Waals surface area contributed by atoms with Crippen molar-refractivity contribution in [3.63, 3.8) is 0 Å². The fraction of sp³-hybridized carbons (Fsp3) is 0.300. The molecule has 0 amide bonds. The third kappa shape index (κ3) is 5.20. The average molecular weight is 442 g/mol. The Bertz CT molecular complexity index is 1000. The molecule has 0 N–H and O–H groups in total. The first-order chi connectivity index (χ1) is 13.6. The molecule has 0 saturated carbocycles. The summed E-state index contributed by atoms with van der Waals surface area (Å²) in [4.78, 5) is 24.6. The van der Waals surface area contributed by atoms with Crippen LogP contribution in [0.25, 0.3) is 0 Å². The van der Waals surface area contributed by atoms with Gasteiger partial charge in [0.25, 0.3) is 0 Å². The molecule has 29 heavy (non-hydrogen) atoms. The summed E-state index contributed by atoms with van der Waals surface area (Å²) >= 11 is 5.78. The maximum Gasteiger partial charge on any atom is 0.341 e. The Morgan fingerprint density at radius 3 is 2.24 bits per heavy atom. The Morgan fingerprint density at radius 2 is 1.69 bits per heavy atom. The molecule has 1 unspecified atom stereocenters. The lowest BCUT2D eigenvalue weighted by atomic mass is 10.1. The molecule has 0 aromatic heterocycles. The number of carbonyl (C=O) groups excluding carboxylic acids is 2. The molecule has 0 fully saturated rings. The van der Waals surface area contributed by atoms with Gasteiger partial charge in [-0.3, -0.25) is 4.79 Å². The first-order valence-electron chi connectivity index (χ1n) is 8.92. The predicted molar refractivity (Wildman–Crippen MR) is 107 cm³/mol. The zero-order chi connectivity index (χ0) is 21.8. The van der Waals surface area contributed by atoms with Crippen molar-refractivity contribution in [1.29, 1.82) is 0 Å². The summed E-state index contributed by atoms with van der Waals surface area (Å²) in [6.45, 7) is 5.14. The molecule has 0 heterocycles. The maximum atomic E-state index is 14.2. The molecule has 2 aromatic carbocycles. The van der Waals surface area contributed by atoms with Gasteiger partial charge < -0.3 is 4.74 Å². The highest BCUT2D eigenvalue weighted by Crippen LogP contribution is 2.21. The van der Waals surface area contributed by atoms with Gasteiger partial charge in [0.2, 0.25) is 15.8 Å². The third-order valence-corrected chi connectivity index (χ3v) is 6.58. The van der Waals surface area contributed by atoms with Crippen molar-refractivity contribution < 1.29 is 27.1 Å². The number of ether oxygens (including phenoxy) is 1. The first kappa shape index (κ1) is 23.0. The van der Waals surface area contributed by atoms with E-state index in [0.717, 1.165) is 18.2 Å². The molecule has 0 aliphatic heterocycles. The normalized spacial score (nSPS) is 12.6.